The van der Waals surface area contributed by atoms with E-state index in [4.69, 9.17) is 5.11 Å². The molecule has 0 spiro atoms. The van der Waals surface area contributed by atoms with E-state index < -0.39 is 5.97 Å². The van der Waals surface area contributed by atoms with Crippen LogP contribution in [-0.2, 0) is 0 Å². The predicted molar refractivity (Wildman–Crippen MR) is 79.7 cm³/mol. The topological polar surface area (TPSA) is 62.2 Å². The lowest BCUT2D eigenvalue weighted by atomic mass is 10.0. The van der Waals surface area contributed by atoms with E-state index in [-0.39, 0.29) is 5.56 Å². The molecular formula is C16H18N2O2. The number of carboxylic acid groups (broad SMARTS) is 1. The van der Waals surface area contributed by atoms with Crippen LogP contribution < -0.4 is 5.32 Å². The van der Waals surface area contributed by atoms with Crippen LogP contribution in [0.1, 0.15) is 41.4 Å². The maximum absolute atomic E-state index is 11.0. The van der Waals surface area contributed by atoms with E-state index in [0.717, 1.165) is 5.69 Å². The highest BCUT2D eigenvalue weighted by atomic mass is 16.4. The summed E-state index contributed by atoms with van der Waals surface area (Å²) in [6.07, 6.45) is 0. The molecule has 0 radical (unpaired) electrons. The molecule has 2 N–H and O–H groups in total. The highest BCUT2D eigenvalue weighted by Gasteiger charge is 2.07. The van der Waals surface area contributed by atoms with Crippen molar-refractivity contribution in [2.24, 2.45) is 0 Å². The number of anilines is 2. The van der Waals surface area contributed by atoms with Crippen molar-refractivity contribution in [1.82, 2.24) is 4.98 Å². The molecule has 0 atom stereocenters. The summed E-state index contributed by atoms with van der Waals surface area (Å²) in [5.74, 6) is 0.0367. The number of benzene rings is 1. The van der Waals surface area contributed by atoms with Crippen LogP contribution in [0.15, 0.2) is 36.4 Å². The van der Waals surface area contributed by atoms with E-state index in [1.165, 1.54) is 11.6 Å². The Hall–Kier alpha value is -2.36. The molecular weight excluding hydrogens is 252 g/mol. The molecule has 1 heterocycles. The predicted octanol–water partition coefficient (Wildman–Crippen LogP) is 3.96. The number of rotatable bonds is 4. The summed E-state index contributed by atoms with van der Waals surface area (Å²) in [5.41, 5.74) is 3.04. The highest BCUT2D eigenvalue weighted by Crippen LogP contribution is 2.21. The second kappa shape index (κ2) is 5.74. The van der Waals surface area contributed by atoms with Crippen molar-refractivity contribution in [3.63, 3.8) is 0 Å². The van der Waals surface area contributed by atoms with Gasteiger partial charge in [-0.3, -0.25) is 0 Å². The number of hydrogen-bond donors (Lipinski definition) is 2. The summed E-state index contributed by atoms with van der Waals surface area (Å²) in [7, 11) is 0. The monoisotopic (exact) mass is 270 g/mol. The first kappa shape index (κ1) is 14.1. The molecule has 2 rings (SSSR count). The molecule has 0 saturated carbocycles. The highest BCUT2D eigenvalue weighted by molar-refractivity contribution is 5.88. The molecule has 0 aliphatic carbocycles. The Bertz CT molecular complexity index is 636. The van der Waals surface area contributed by atoms with Crippen molar-refractivity contribution in [1.29, 1.82) is 0 Å². The Kier molecular flexibility index (Phi) is 4.03. The first-order chi connectivity index (χ1) is 9.45. The van der Waals surface area contributed by atoms with Gasteiger partial charge in [0.25, 0.3) is 0 Å². The average molecular weight is 270 g/mol. The Labute approximate surface area is 118 Å². The van der Waals surface area contributed by atoms with Gasteiger partial charge >= 0.3 is 5.97 Å². The molecule has 4 heteroatoms. The Balaban J connectivity index is 2.30. The fraction of sp³-hybridized carbons (Fsp3) is 0.250. The van der Waals surface area contributed by atoms with Crippen LogP contribution in [0, 0.1) is 6.92 Å². The number of hydrogen-bond acceptors (Lipinski definition) is 3. The third-order valence-corrected chi connectivity index (χ3v) is 3.03. The van der Waals surface area contributed by atoms with Gasteiger partial charge < -0.3 is 10.4 Å². The van der Waals surface area contributed by atoms with Crippen LogP contribution in [0.2, 0.25) is 0 Å². The molecule has 0 fully saturated rings. The number of aromatic carboxylic acids is 1. The molecule has 0 unspecified atom stereocenters. The van der Waals surface area contributed by atoms with E-state index in [9.17, 15) is 4.79 Å². The summed E-state index contributed by atoms with van der Waals surface area (Å²) in [6.45, 7) is 6.04. The van der Waals surface area contributed by atoms with E-state index in [0.29, 0.717) is 17.4 Å². The van der Waals surface area contributed by atoms with E-state index in [1.807, 2.05) is 12.1 Å². The zero-order valence-corrected chi connectivity index (χ0v) is 11.8. The van der Waals surface area contributed by atoms with Crippen molar-refractivity contribution in [3.05, 3.63) is 53.2 Å². The maximum atomic E-state index is 11.0. The third-order valence-electron chi connectivity index (χ3n) is 3.03. The van der Waals surface area contributed by atoms with Crippen molar-refractivity contribution in [2.45, 2.75) is 26.7 Å². The number of pyridine rings is 1. The van der Waals surface area contributed by atoms with Gasteiger partial charge in [-0.25, -0.2) is 9.78 Å². The Morgan fingerprint density at radius 2 is 2.00 bits per heavy atom. The molecule has 104 valence electrons. The van der Waals surface area contributed by atoms with E-state index in [1.54, 1.807) is 13.0 Å². The number of aryl methyl sites for hydroxylation is 1. The summed E-state index contributed by atoms with van der Waals surface area (Å²) in [4.78, 5) is 15.4. The second-order valence-corrected chi connectivity index (χ2v) is 5.09. The quantitative estimate of drug-likeness (QED) is 0.882. The summed E-state index contributed by atoms with van der Waals surface area (Å²) >= 11 is 0. The van der Waals surface area contributed by atoms with Crippen LogP contribution in [0.25, 0.3) is 0 Å². The average Bonchev–Trinajstić information content (AvgIpc) is 2.38. The smallest absolute Gasteiger partial charge is 0.335 e. The van der Waals surface area contributed by atoms with Gasteiger partial charge in [-0.05, 0) is 42.7 Å². The fourth-order valence-electron chi connectivity index (χ4n) is 1.98. The largest absolute Gasteiger partial charge is 0.478 e. The molecule has 4 nitrogen and oxygen atoms in total. The zero-order valence-electron chi connectivity index (χ0n) is 11.8. The number of aromatic nitrogens is 1. The standard InChI is InChI=1S/C16H18N2O2/c1-10(2)12-5-4-6-14(8-12)18-15-9-13(16(19)20)7-11(3)17-15/h4-10H,1-3H3,(H,17,18)(H,19,20). The van der Waals surface area contributed by atoms with Crippen LogP contribution in [0.5, 0.6) is 0 Å². The third kappa shape index (κ3) is 3.35. The summed E-state index contributed by atoms with van der Waals surface area (Å²) in [6, 6.07) is 11.1. The lowest BCUT2D eigenvalue weighted by Crippen LogP contribution is -2.02. The minimum atomic E-state index is -0.950. The van der Waals surface area contributed by atoms with Crippen molar-refractivity contribution in [2.75, 3.05) is 5.32 Å². The Morgan fingerprint density at radius 3 is 2.65 bits per heavy atom. The molecule has 0 bridgehead atoms. The first-order valence-electron chi connectivity index (χ1n) is 6.54. The SMILES string of the molecule is Cc1cc(C(=O)O)cc(Nc2cccc(C(C)C)c2)n1. The van der Waals surface area contributed by atoms with Gasteiger partial charge in [-0.2, -0.15) is 0 Å². The van der Waals surface area contributed by atoms with Crippen molar-refractivity contribution in [3.8, 4) is 0 Å². The van der Waals surface area contributed by atoms with Crippen molar-refractivity contribution >= 4 is 17.5 Å². The number of nitrogens with zero attached hydrogens (tertiary/aromatic N) is 1. The molecule has 0 aliphatic rings. The first-order valence-corrected chi connectivity index (χ1v) is 6.54. The van der Waals surface area contributed by atoms with Crippen LogP contribution in [0.4, 0.5) is 11.5 Å². The van der Waals surface area contributed by atoms with E-state index >= 15 is 0 Å². The number of carboxylic acids is 1. The van der Waals surface area contributed by atoms with Gasteiger partial charge in [0.15, 0.2) is 0 Å². The minimum Gasteiger partial charge on any atom is -0.478 e. The van der Waals surface area contributed by atoms with Crippen molar-refractivity contribution < 1.29 is 9.90 Å². The second-order valence-electron chi connectivity index (χ2n) is 5.09. The molecule has 1 aromatic carbocycles. The normalized spacial score (nSPS) is 10.6. The van der Waals surface area contributed by atoms with Gasteiger partial charge in [-0.15, -0.1) is 0 Å². The zero-order chi connectivity index (χ0) is 14.7. The van der Waals surface area contributed by atoms with Gasteiger partial charge in [0, 0.05) is 11.4 Å². The summed E-state index contributed by atoms with van der Waals surface area (Å²) in [5, 5.41) is 12.2. The molecule has 0 saturated heterocycles. The summed E-state index contributed by atoms with van der Waals surface area (Å²) < 4.78 is 0. The van der Waals surface area contributed by atoms with Gasteiger partial charge in [0.05, 0.1) is 5.56 Å². The molecule has 2 aromatic rings. The molecule has 0 amide bonds. The number of carbonyl (C=O) groups is 1. The van der Waals surface area contributed by atoms with Gasteiger partial charge in [-0.1, -0.05) is 26.0 Å². The fourth-order valence-corrected chi connectivity index (χ4v) is 1.98. The van der Waals surface area contributed by atoms with E-state index in [2.05, 4.69) is 36.3 Å². The van der Waals surface area contributed by atoms with Crippen LogP contribution >= 0.6 is 0 Å². The van der Waals surface area contributed by atoms with Gasteiger partial charge in [0.2, 0.25) is 0 Å². The Morgan fingerprint density at radius 1 is 1.25 bits per heavy atom. The molecule has 20 heavy (non-hydrogen) atoms. The van der Waals surface area contributed by atoms with Crippen LogP contribution in [0.3, 0.4) is 0 Å². The molecule has 1 aromatic heterocycles. The minimum absolute atomic E-state index is 0.236. The lowest BCUT2D eigenvalue weighted by molar-refractivity contribution is 0.0696. The van der Waals surface area contributed by atoms with Crippen LogP contribution in [-0.4, -0.2) is 16.1 Å². The lowest BCUT2D eigenvalue weighted by Gasteiger charge is -2.11. The van der Waals surface area contributed by atoms with Gasteiger partial charge in [0.1, 0.15) is 5.82 Å². The number of nitrogens with one attached hydrogen (secondary N) is 1. The molecule has 0 aliphatic heterocycles. The maximum Gasteiger partial charge on any atom is 0.335 e.